The second kappa shape index (κ2) is 8.26. The average molecular weight is 406 g/mol. The summed E-state index contributed by atoms with van der Waals surface area (Å²) < 4.78 is 54.9. The fraction of sp³-hybridized carbons (Fsp3) is 0.150. The van der Waals surface area contributed by atoms with Crippen molar-refractivity contribution in [2.24, 2.45) is 0 Å². The zero-order valence-electron chi connectivity index (χ0n) is 14.7. The largest absolute Gasteiger partial charge is 0.573 e. The van der Waals surface area contributed by atoms with Crippen molar-refractivity contribution in [3.8, 4) is 5.75 Å². The number of hydrogen-bond acceptors (Lipinski definition) is 4. The van der Waals surface area contributed by atoms with Gasteiger partial charge in [-0.2, -0.15) is 0 Å². The minimum absolute atomic E-state index is 0.137. The molecule has 1 aromatic carbocycles. The Hall–Kier alpha value is -3.49. The number of hydrogen-bond donors (Lipinski definition) is 1. The first-order valence-corrected chi connectivity index (χ1v) is 8.41. The van der Waals surface area contributed by atoms with Gasteiger partial charge >= 0.3 is 6.36 Å². The summed E-state index contributed by atoms with van der Waals surface area (Å²) >= 11 is 0. The number of pyridine rings is 2. The van der Waals surface area contributed by atoms with Crippen molar-refractivity contribution in [3.63, 3.8) is 0 Å². The molecule has 3 rings (SSSR count). The minimum atomic E-state index is -5.02. The SMILES string of the molecule is O=C(C[C@@H](c1ccc(OC(F)(F)F)c(F)c1)c1ccccn1)c1ccc(=O)[nH]c1. The summed E-state index contributed by atoms with van der Waals surface area (Å²) in [5, 5.41) is 0. The van der Waals surface area contributed by atoms with E-state index in [9.17, 15) is 27.2 Å². The molecule has 3 aromatic rings. The molecule has 0 spiro atoms. The molecule has 2 aromatic heterocycles. The van der Waals surface area contributed by atoms with Gasteiger partial charge in [-0.1, -0.05) is 12.1 Å². The molecule has 2 heterocycles. The van der Waals surface area contributed by atoms with Gasteiger partial charge in [0.15, 0.2) is 17.3 Å². The van der Waals surface area contributed by atoms with Crippen LogP contribution in [0.2, 0.25) is 0 Å². The van der Waals surface area contributed by atoms with Gasteiger partial charge in [0.2, 0.25) is 5.56 Å². The summed E-state index contributed by atoms with van der Waals surface area (Å²) in [7, 11) is 0. The maximum Gasteiger partial charge on any atom is 0.573 e. The molecular formula is C20H14F4N2O3. The lowest BCUT2D eigenvalue weighted by molar-refractivity contribution is -0.275. The fourth-order valence-corrected chi connectivity index (χ4v) is 2.80. The van der Waals surface area contributed by atoms with E-state index in [4.69, 9.17) is 0 Å². The molecule has 0 aliphatic heterocycles. The Balaban J connectivity index is 1.94. The van der Waals surface area contributed by atoms with Crippen LogP contribution in [0.5, 0.6) is 5.75 Å². The van der Waals surface area contributed by atoms with Crippen LogP contribution in [0.15, 0.2) is 65.7 Å². The molecule has 29 heavy (non-hydrogen) atoms. The molecule has 0 aliphatic carbocycles. The van der Waals surface area contributed by atoms with Crippen molar-refractivity contribution in [1.29, 1.82) is 0 Å². The van der Waals surface area contributed by atoms with Gasteiger partial charge in [0.25, 0.3) is 0 Å². The van der Waals surface area contributed by atoms with Crippen LogP contribution < -0.4 is 10.3 Å². The average Bonchev–Trinajstić information content (AvgIpc) is 2.68. The van der Waals surface area contributed by atoms with Crippen LogP contribution in [0.1, 0.15) is 34.0 Å². The molecule has 1 atom stereocenters. The quantitative estimate of drug-likeness (QED) is 0.492. The first-order valence-electron chi connectivity index (χ1n) is 8.41. The second-order valence-corrected chi connectivity index (χ2v) is 6.11. The van der Waals surface area contributed by atoms with Crippen molar-refractivity contribution >= 4 is 5.78 Å². The number of ketones is 1. The van der Waals surface area contributed by atoms with E-state index >= 15 is 0 Å². The number of carbonyl (C=O) groups is 1. The highest BCUT2D eigenvalue weighted by molar-refractivity contribution is 5.96. The van der Waals surface area contributed by atoms with E-state index in [0.29, 0.717) is 5.69 Å². The summed E-state index contributed by atoms with van der Waals surface area (Å²) in [5.74, 6) is -3.25. The molecule has 0 saturated carbocycles. The van der Waals surface area contributed by atoms with Crippen LogP contribution in [0.4, 0.5) is 17.6 Å². The van der Waals surface area contributed by atoms with Gasteiger partial charge in [-0.3, -0.25) is 14.6 Å². The highest BCUT2D eigenvalue weighted by Gasteiger charge is 2.32. The van der Waals surface area contributed by atoms with Gasteiger partial charge in [0.1, 0.15) is 0 Å². The fourth-order valence-electron chi connectivity index (χ4n) is 2.80. The Labute approximate surface area is 162 Å². The summed E-state index contributed by atoms with van der Waals surface area (Å²) in [6.07, 6.45) is -2.41. The van der Waals surface area contributed by atoms with Crippen molar-refractivity contribution in [2.75, 3.05) is 0 Å². The third kappa shape index (κ3) is 5.28. The lowest BCUT2D eigenvalue weighted by atomic mass is 9.88. The normalized spacial score (nSPS) is 12.4. The zero-order valence-corrected chi connectivity index (χ0v) is 14.7. The molecule has 0 unspecified atom stereocenters. The number of nitrogens with zero attached hydrogens (tertiary/aromatic N) is 1. The monoisotopic (exact) mass is 406 g/mol. The molecule has 0 aliphatic rings. The number of alkyl halides is 3. The summed E-state index contributed by atoms with van der Waals surface area (Å²) in [4.78, 5) is 30.4. The maximum absolute atomic E-state index is 14.2. The van der Waals surface area contributed by atoms with Gasteiger partial charge in [-0.15, -0.1) is 13.2 Å². The third-order valence-corrected chi connectivity index (χ3v) is 4.12. The predicted molar refractivity (Wildman–Crippen MR) is 95.2 cm³/mol. The number of aromatic nitrogens is 2. The molecule has 0 fully saturated rings. The Morgan fingerprint density at radius 3 is 2.52 bits per heavy atom. The van der Waals surface area contributed by atoms with Crippen LogP contribution in [0.3, 0.4) is 0 Å². The predicted octanol–water partition coefficient (Wildman–Crippen LogP) is 4.21. The molecule has 0 bridgehead atoms. The van der Waals surface area contributed by atoms with E-state index in [-0.39, 0.29) is 28.9 Å². The van der Waals surface area contributed by atoms with Gasteiger partial charge < -0.3 is 9.72 Å². The number of nitrogens with one attached hydrogen (secondary N) is 1. The maximum atomic E-state index is 14.2. The van der Waals surface area contributed by atoms with Gasteiger partial charge in [-0.25, -0.2) is 4.39 Å². The molecule has 5 nitrogen and oxygen atoms in total. The van der Waals surface area contributed by atoms with Crippen LogP contribution in [-0.4, -0.2) is 22.1 Å². The van der Waals surface area contributed by atoms with Crippen molar-refractivity contribution < 1.29 is 27.1 Å². The molecular weight excluding hydrogens is 392 g/mol. The summed E-state index contributed by atoms with van der Waals surface area (Å²) in [6.45, 7) is 0. The highest BCUT2D eigenvalue weighted by Crippen LogP contribution is 2.32. The standard InChI is InChI=1S/C20H14F4N2O3/c21-15-9-12(4-6-18(15)29-20(22,23)24)14(16-3-1-2-8-25-16)10-17(27)13-5-7-19(28)26-11-13/h1-9,11,14H,10H2,(H,26,28)/t14-/m0/s1. The highest BCUT2D eigenvalue weighted by atomic mass is 19.4. The van der Waals surface area contributed by atoms with Crippen molar-refractivity contribution in [2.45, 2.75) is 18.7 Å². The van der Waals surface area contributed by atoms with Crippen LogP contribution >= 0.6 is 0 Å². The number of ether oxygens (including phenoxy) is 1. The third-order valence-electron chi connectivity index (χ3n) is 4.12. The van der Waals surface area contributed by atoms with Crippen LogP contribution in [0, 0.1) is 5.82 Å². The minimum Gasteiger partial charge on any atom is -0.403 e. The zero-order chi connectivity index (χ0) is 21.0. The van der Waals surface area contributed by atoms with E-state index in [1.807, 2.05) is 0 Å². The number of carbonyl (C=O) groups excluding carboxylic acids is 1. The Morgan fingerprint density at radius 2 is 1.93 bits per heavy atom. The Kier molecular flexibility index (Phi) is 5.76. The van der Waals surface area contributed by atoms with E-state index in [0.717, 1.165) is 12.1 Å². The lowest BCUT2D eigenvalue weighted by Crippen LogP contribution is -2.18. The summed E-state index contributed by atoms with van der Waals surface area (Å²) in [5.41, 5.74) is 0.566. The molecule has 150 valence electrons. The molecule has 0 radical (unpaired) electrons. The van der Waals surface area contributed by atoms with Crippen molar-refractivity contribution in [3.05, 3.63) is 93.9 Å². The lowest BCUT2D eigenvalue weighted by Gasteiger charge is -2.18. The summed E-state index contributed by atoms with van der Waals surface area (Å²) in [6, 6.07) is 10.5. The number of halogens is 4. The first-order chi connectivity index (χ1) is 13.7. The van der Waals surface area contributed by atoms with Gasteiger partial charge in [0, 0.05) is 42.1 Å². The number of benzene rings is 1. The number of rotatable bonds is 6. The van der Waals surface area contributed by atoms with Crippen LogP contribution in [0.25, 0.3) is 0 Å². The van der Waals surface area contributed by atoms with Gasteiger partial charge in [-0.05, 0) is 35.9 Å². The topological polar surface area (TPSA) is 72.0 Å². The molecule has 1 N–H and O–H groups in total. The number of H-pyrrole nitrogens is 1. The Morgan fingerprint density at radius 1 is 1.14 bits per heavy atom. The van der Waals surface area contributed by atoms with Gasteiger partial charge in [0.05, 0.1) is 0 Å². The molecule has 0 amide bonds. The number of aromatic amines is 1. The first kappa shape index (κ1) is 20.2. The van der Waals surface area contributed by atoms with Crippen LogP contribution in [-0.2, 0) is 0 Å². The van der Waals surface area contributed by atoms with E-state index in [1.54, 1.807) is 18.2 Å². The van der Waals surface area contributed by atoms with E-state index in [2.05, 4.69) is 14.7 Å². The van der Waals surface area contributed by atoms with E-state index < -0.39 is 23.8 Å². The molecule has 9 heteroatoms. The van der Waals surface area contributed by atoms with Crippen molar-refractivity contribution in [1.82, 2.24) is 9.97 Å². The number of Topliss-reactive ketones (excluding diaryl/α,β-unsaturated/α-hetero) is 1. The Bertz CT molecular complexity index is 1040. The second-order valence-electron chi connectivity index (χ2n) is 6.11. The van der Waals surface area contributed by atoms with E-state index in [1.165, 1.54) is 30.6 Å². The smallest absolute Gasteiger partial charge is 0.403 e. The molecule has 0 saturated heterocycles.